The number of rotatable bonds is 3. The summed E-state index contributed by atoms with van der Waals surface area (Å²) in [6, 6.07) is 7.11. The molecule has 2 heterocycles. The molecule has 4 rings (SSSR count). The maximum absolute atomic E-state index is 12.7. The Morgan fingerprint density at radius 3 is 2.04 bits per heavy atom. The number of ether oxygens (including phenoxy) is 1. The molecule has 0 aromatic heterocycles. The molecule has 0 unspecified atom stereocenters. The van der Waals surface area contributed by atoms with Crippen molar-refractivity contribution in [3.63, 3.8) is 0 Å². The van der Waals surface area contributed by atoms with Crippen LogP contribution < -0.4 is 5.73 Å². The summed E-state index contributed by atoms with van der Waals surface area (Å²) in [6.45, 7) is 3.80. The van der Waals surface area contributed by atoms with E-state index >= 15 is 0 Å². The number of nitrogens with zero attached hydrogens (tertiary/aromatic N) is 2. The van der Waals surface area contributed by atoms with E-state index in [2.05, 4.69) is 0 Å². The molecule has 2 aliphatic heterocycles. The number of hydrogen-bond acceptors (Lipinski definition) is 4. The van der Waals surface area contributed by atoms with Crippen LogP contribution in [0.3, 0.4) is 0 Å². The predicted octanol–water partition coefficient (Wildman–Crippen LogP) is 0.968. The Kier molecular flexibility index (Phi) is 4.48. The number of benzene rings is 1. The van der Waals surface area contributed by atoms with Gasteiger partial charge in [0, 0.05) is 43.3 Å². The summed E-state index contributed by atoms with van der Waals surface area (Å²) in [5.74, 6) is 1.18. The fourth-order valence-corrected chi connectivity index (χ4v) is 3.93. The van der Waals surface area contributed by atoms with Gasteiger partial charge in [-0.15, -0.1) is 0 Å². The molecule has 0 radical (unpaired) electrons. The van der Waals surface area contributed by atoms with Crippen molar-refractivity contribution in [2.75, 3.05) is 39.4 Å². The van der Waals surface area contributed by atoms with E-state index in [0.29, 0.717) is 55.8 Å². The highest BCUT2D eigenvalue weighted by molar-refractivity contribution is 5.98. The van der Waals surface area contributed by atoms with Gasteiger partial charge in [-0.05, 0) is 48.9 Å². The lowest BCUT2D eigenvalue weighted by Gasteiger charge is -2.27. The van der Waals surface area contributed by atoms with Gasteiger partial charge in [0.15, 0.2) is 0 Å². The van der Waals surface area contributed by atoms with Gasteiger partial charge in [0.05, 0.1) is 13.2 Å². The van der Waals surface area contributed by atoms with Crippen LogP contribution in [-0.2, 0) is 4.74 Å². The zero-order valence-corrected chi connectivity index (χ0v) is 14.4. The van der Waals surface area contributed by atoms with E-state index in [1.807, 2.05) is 4.90 Å². The normalized spacial score (nSPS) is 26.8. The van der Waals surface area contributed by atoms with E-state index in [4.69, 9.17) is 10.5 Å². The molecular weight excluding hydrogens is 318 g/mol. The number of hydrogen-bond donors (Lipinski definition) is 1. The van der Waals surface area contributed by atoms with Crippen molar-refractivity contribution in [3.8, 4) is 0 Å². The molecule has 134 valence electrons. The van der Waals surface area contributed by atoms with Crippen molar-refractivity contribution in [1.29, 1.82) is 0 Å². The molecule has 0 bridgehead atoms. The minimum atomic E-state index is -0.000656. The molecule has 1 aromatic rings. The molecule has 1 saturated carbocycles. The second kappa shape index (κ2) is 6.77. The third kappa shape index (κ3) is 3.41. The lowest BCUT2D eigenvalue weighted by molar-refractivity contribution is 0.0303. The highest BCUT2D eigenvalue weighted by Gasteiger charge is 2.42. The molecule has 25 heavy (non-hydrogen) atoms. The minimum absolute atomic E-state index is 0.000656. The van der Waals surface area contributed by atoms with Crippen molar-refractivity contribution in [2.24, 2.45) is 17.6 Å². The molecule has 6 nitrogen and oxygen atoms in total. The van der Waals surface area contributed by atoms with E-state index in [-0.39, 0.29) is 17.9 Å². The zero-order chi connectivity index (χ0) is 17.4. The maximum atomic E-state index is 12.7. The first-order chi connectivity index (χ1) is 12.1. The van der Waals surface area contributed by atoms with Crippen LogP contribution in [0.4, 0.5) is 0 Å². The second-order valence-electron chi connectivity index (χ2n) is 7.36. The molecule has 3 fully saturated rings. The van der Waals surface area contributed by atoms with Crippen LogP contribution in [0.5, 0.6) is 0 Å². The van der Waals surface area contributed by atoms with E-state index < -0.39 is 0 Å². The molecule has 1 aromatic carbocycles. The molecule has 2 amide bonds. The van der Waals surface area contributed by atoms with Crippen LogP contribution in [0, 0.1) is 11.8 Å². The number of nitrogens with two attached hydrogens (primary N) is 1. The topological polar surface area (TPSA) is 75.9 Å². The maximum Gasteiger partial charge on any atom is 0.254 e. The van der Waals surface area contributed by atoms with Gasteiger partial charge in [-0.2, -0.15) is 0 Å². The largest absolute Gasteiger partial charge is 0.378 e. The van der Waals surface area contributed by atoms with Gasteiger partial charge in [-0.1, -0.05) is 0 Å². The SMILES string of the molecule is N[C@@H]1CN(C(=O)c2ccc(C(=O)N3CCOCC3)cc2)C[C@H]1C1CC1. The van der Waals surface area contributed by atoms with E-state index in [0.717, 1.165) is 6.54 Å². The summed E-state index contributed by atoms with van der Waals surface area (Å²) >= 11 is 0. The van der Waals surface area contributed by atoms with Crippen LogP contribution in [0.1, 0.15) is 33.6 Å². The number of morpholine rings is 1. The molecule has 0 spiro atoms. The zero-order valence-electron chi connectivity index (χ0n) is 14.4. The van der Waals surface area contributed by atoms with Gasteiger partial charge in [0.1, 0.15) is 0 Å². The smallest absolute Gasteiger partial charge is 0.254 e. The molecule has 6 heteroatoms. The average molecular weight is 343 g/mol. The Hall–Kier alpha value is -1.92. The number of amides is 2. The van der Waals surface area contributed by atoms with Gasteiger partial charge in [0.2, 0.25) is 0 Å². The van der Waals surface area contributed by atoms with Crippen LogP contribution >= 0.6 is 0 Å². The van der Waals surface area contributed by atoms with Crippen molar-refractivity contribution in [2.45, 2.75) is 18.9 Å². The fraction of sp³-hybridized carbons (Fsp3) is 0.579. The monoisotopic (exact) mass is 343 g/mol. The van der Waals surface area contributed by atoms with E-state index in [1.54, 1.807) is 29.2 Å². The minimum Gasteiger partial charge on any atom is -0.378 e. The van der Waals surface area contributed by atoms with Crippen LogP contribution in [0.25, 0.3) is 0 Å². The van der Waals surface area contributed by atoms with Crippen molar-refractivity contribution in [3.05, 3.63) is 35.4 Å². The summed E-state index contributed by atoms with van der Waals surface area (Å²) in [4.78, 5) is 28.8. The van der Waals surface area contributed by atoms with Gasteiger partial charge >= 0.3 is 0 Å². The van der Waals surface area contributed by atoms with E-state index in [1.165, 1.54) is 12.8 Å². The summed E-state index contributed by atoms with van der Waals surface area (Å²) < 4.78 is 5.28. The van der Waals surface area contributed by atoms with Crippen LogP contribution in [0.2, 0.25) is 0 Å². The number of carbonyl (C=O) groups excluding carboxylic acids is 2. The Balaban J connectivity index is 1.41. The molecule has 3 aliphatic rings. The van der Waals surface area contributed by atoms with Crippen LogP contribution in [-0.4, -0.2) is 67.0 Å². The first-order valence-corrected chi connectivity index (χ1v) is 9.15. The fourth-order valence-electron chi connectivity index (χ4n) is 3.93. The lowest BCUT2D eigenvalue weighted by atomic mass is 9.99. The molecule has 2 N–H and O–H groups in total. The number of carbonyl (C=O) groups is 2. The first kappa shape index (κ1) is 16.5. The van der Waals surface area contributed by atoms with E-state index in [9.17, 15) is 9.59 Å². The Morgan fingerprint density at radius 1 is 0.920 bits per heavy atom. The second-order valence-corrected chi connectivity index (χ2v) is 7.36. The van der Waals surface area contributed by atoms with Gasteiger partial charge in [0.25, 0.3) is 11.8 Å². The third-order valence-corrected chi connectivity index (χ3v) is 5.60. The van der Waals surface area contributed by atoms with Crippen molar-refractivity contribution in [1.82, 2.24) is 9.80 Å². The predicted molar refractivity (Wildman–Crippen MR) is 93.3 cm³/mol. The molecular formula is C19H25N3O3. The molecule has 2 atom stereocenters. The lowest BCUT2D eigenvalue weighted by Crippen LogP contribution is -2.40. The summed E-state index contributed by atoms with van der Waals surface area (Å²) in [5.41, 5.74) is 7.46. The number of likely N-dealkylation sites (tertiary alicyclic amines) is 1. The Bertz CT molecular complexity index is 650. The highest BCUT2D eigenvalue weighted by Crippen LogP contribution is 2.41. The van der Waals surface area contributed by atoms with Gasteiger partial charge in [-0.3, -0.25) is 9.59 Å². The summed E-state index contributed by atoms with van der Waals surface area (Å²) in [6.07, 6.45) is 2.50. The summed E-state index contributed by atoms with van der Waals surface area (Å²) in [7, 11) is 0. The quantitative estimate of drug-likeness (QED) is 0.887. The van der Waals surface area contributed by atoms with Crippen LogP contribution in [0.15, 0.2) is 24.3 Å². The summed E-state index contributed by atoms with van der Waals surface area (Å²) in [5, 5.41) is 0. The van der Waals surface area contributed by atoms with Crippen molar-refractivity contribution < 1.29 is 14.3 Å². The first-order valence-electron chi connectivity index (χ1n) is 9.15. The Labute approximate surface area is 147 Å². The highest BCUT2D eigenvalue weighted by atomic mass is 16.5. The standard InChI is InChI=1S/C19H25N3O3/c20-17-12-22(11-16(17)13-1-2-13)19(24)15-5-3-14(4-6-15)18(23)21-7-9-25-10-8-21/h3-6,13,16-17H,1-2,7-12,20H2/t16-,17+/m0/s1. The Morgan fingerprint density at radius 2 is 1.48 bits per heavy atom. The van der Waals surface area contributed by atoms with Gasteiger partial charge < -0.3 is 20.3 Å². The molecule has 1 aliphatic carbocycles. The third-order valence-electron chi connectivity index (χ3n) is 5.60. The van der Waals surface area contributed by atoms with Crippen molar-refractivity contribution >= 4 is 11.8 Å². The van der Waals surface area contributed by atoms with Gasteiger partial charge in [-0.25, -0.2) is 0 Å². The average Bonchev–Trinajstić information content (AvgIpc) is 3.43. The molecule has 2 saturated heterocycles.